The first kappa shape index (κ1) is 37.3. The second-order valence-electron chi connectivity index (χ2n) is 16.1. The van der Waals surface area contributed by atoms with Gasteiger partial charge in [-0.1, -0.05) is 41.5 Å². The molecule has 290 valence electrons. The van der Waals surface area contributed by atoms with Gasteiger partial charge in [0.25, 0.3) is 0 Å². The van der Waals surface area contributed by atoms with Crippen molar-refractivity contribution in [2.45, 2.75) is 67.2 Å². The Balaban J connectivity index is 0.000000240. The lowest BCUT2D eigenvalue weighted by Gasteiger charge is -2.38. The Morgan fingerprint density at radius 1 is 0.667 bits per heavy atom. The van der Waals surface area contributed by atoms with Crippen molar-refractivity contribution in [1.29, 1.82) is 0 Å². The molecule has 6 aromatic rings. The predicted molar refractivity (Wildman–Crippen MR) is 218 cm³/mol. The highest BCUT2D eigenvalue weighted by Crippen LogP contribution is 2.35. The number of aromatic nitrogens is 8. The fourth-order valence-electron chi connectivity index (χ4n) is 8.17. The first-order valence-corrected chi connectivity index (χ1v) is 19.5. The maximum Gasteiger partial charge on any atom is 0.181 e. The highest BCUT2D eigenvalue weighted by molar-refractivity contribution is 5.90. The number of hydrogen-bond donors (Lipinski definition) is 2. The number of nitrogens with one attached hydrogen (secondary N) is 2. The topological polar surface area (TPSA) is 115 Å². The van der Waals surface area contributed by atoms with Crippen molar-refractivity contribution in [3.8, 4) is 22.8 Å². The highest BCUT2D eigenvalue weighted by atomic mass is 19.1. The average Bonchev–Trinajstić information content (AvgIpc) is 3.79. The molecule has 0 amide bonds. The van der Waals surface area contributed by atoms with Gasteiger partial charge in [-0.15, -0.1) is 0 Å². The molecule has 2 aliphatic heterocycles. The van der Waals surface area contributed by atoms with E-state index in [1.165, 1.54) is 25.0 Å². The molecule has 2 aliphatic rings. The lowest BCUT2D eigenvalue weighted by molar-refractivity contribution is 0.257. The minimum absolute atomic E-state index is 0. The first-order valence-electron chi connectivity index (χ1n) is 19.5. The predicted octanol–water partition coefficient (Wildman–Crippen LogP) is 10.1. The van der Waals surface area contributed by atoms with Crippen molar-refractivity contribution < 1.29 is 13.1 Å². The average molecular weight is 741 g/mol. The van der Waals surface area contributed by atoms with Gasteiger partial charge in [0, 0.05) is 53.6 Å². The van der Waals surface area contributed by atoms with Gasteiger partial charge in [-0.3, -0.25) is 10.2 Å². The minimum Gasteiger partial charge on any atom is -0.356 e. The normalized spacial score (nSPS) is 20.6. The zero-order valence-electron chi connectivity index (χ0n) is 32.2. The molecule has 0 radical (unpaired) electrons. The first-order chi connectivity index (χ1) is 26.0. The van der Waals surface area contributed by atoms with Crippen LogP contribution in [0.1, 0.15) is 71.5 Å². The number of piperidine rings is 2. The third kappa shape index (κ3) is 8.07. The molecule has 2 N–H and O–H groups in total. The molecule has 0 bridgehead atoms. The summed E-state index contributed by atoms with van der Waals surface area (Å²) in [6.45, 7) is 17.7. The standard InChI is InChI=1S/2C21H26FN5.3H2/c2*1-13(2)11-15-12-27(10-8-14(15)3)18-7-6-17(22)20(24-18)19-16-5-4-9-23-21(16)26-25-19;;;/h2*4-7,9,13-15H,8,10-12H2,1-3H3,(H,23,25,26);3*1H/t2*14?,15-;;;/m10.../s1. The van der Waals surface area contributed by atoms with Gasteiger partial charge in [0.15, 0.2) is 22.9 Å². The second kappa shape index (κ2) is 16.2. The van der Waals surface area contributed by atoms with Gasteiger partial charge < -0.3 is 9.80 Å². The van der Waals surface area contributed by atoms with Crippen LogP contribution < -0.4 is 9.80 Å². The third-order valence-electron chi connectivity index (χ3n) is 11.2. The van der Waals surface area contributed by atoms with E-state index in [-0.39, 0.29) is 15.9 Å². The summed E-state index contributed by atoms with van der Waals surface area (Å²) in [5.41, 5.74) is 2.93. The van der Waals surface area contributed by atoms with Crippen LogP contribution in [-0.2, 0) is 0 Å². The van der Waals surface area contributed by atoms with Crippen LogP contribution in [0.5, 0.6) is 0 Å². The van der Waals surface area contributed by atoms with E-state index in [1.54, 1.807) is 24.5 Å². The molecular formula is C42H58F2N10. The Morgan fingerprint density at radius 2 is 1.09 bits per heavy atom. The maximum absolute atomic E-state index is 14.6. The van der Waals surface area contributed by atoms with E-state index in [2.05, 4.69) is 91.7 Å². The summed E-state index contributed by atoms with van der Waals surface area (Å²) in [4.78, 5) is 22.4. The Bertz CT molecular complexity index is 2040. The summed E-state index contributed by atoms with van der Waals surface area (Å²) in [6.07, 6.45) is 8.06. The number of nitrogens with zero attached hydrogens (tertiary/aromatic N) is 8. The van der Waals surface area contributed by atoms with E-state index >= 15 is 0 Å². The van der Waals surface area contributed by atoms with Gasteiger partial charge in [0.05, 0.1) is 11.4 Å². The van der Waals surface area contributed by atoms with E-state index in [0.29, 0.717) is 69.6 Å². The van der Waals surface area contributed by atoms with Gasteiger partial charge in [0.2, 0.25) is 0 Å². The fraction of sp³-hybridized carbons (Fsp3) is 0.476. The van der Waals surface area contributed by atoms with E-state index < -0.39 is 0 Å². The van der Waals surface area contributed by atoms with Crippen LogP contribution >= 0.6 is 0 Å². The molecule has 0 spiro atoms. The van der Waals surface area contributed by atoms with Crippen molar-refractivity contribution in [2.75, 3.05) is 36.0 Å². The molecule has 2 unspecified atom stereocenters. The van der Waals surface area contributed by atoms with E-state index in [4.69, 9.17) is 0 Å². The van der Waals surface area contributed by atoms with Crippen molar-refractivity contribution in [2.24, 2.45) is 35.5 Å². The number of halogens is 2. The Labute approximate surface area is 320 Å². The molecule has 12 heteroatoms. The Kier molecular flexibility index (Phi) is 11.2. The van der Waals surface area contributed by atoms with Crippen LogP contribution in [0, 0.1) is 47.1 Å². The molecule has 10 nitrogen and oxygen atoms in total. The SMILES string of the molecule is CC(C)C[C@@H]1CN(c2ccc(F)c(-c3[nH]nc4ncccc34)n2)CCC1C.CC(C)C[C@H]1CN(c2ccc(F)c(-c3[nH]nc4ncccc34)n2)CCC1C.[HH].[HH].[HH]. The van der Waals surface area contributed by atoms with Crippen LogP contribution in [0.4, 0.5) is 20.4 Å². The van der Waals surface area contributed by atoms with Crippen LogP contribution in [0.15, 0.2) is 60.9 Å². The summed E-state index contributed by atoms with van der Waals surface area (Å²) < 4.78 is 29.2. The van der Waals surface area contributed by atoms with Gasteiger partial charge in [0.1, 0.15) is 23.0 Å². The number of H-pyrrole nitrogens is 2. The number of rotatable bonds is 8. The minimum atomic E-state index is -0.350. The van der Waals surface area contributed by atoms with Gasteiger partial charge >= 0.3 is 0 Å². The monoisotopic (exact) mass is 740 g/mol. The van der Waals surface area contributed by atoms with Crippen molar-refractivity contribution >= 4 is 33.7 Å². The van der Waals surface area contributed by atoms with E-state index in [1.807, 2.05) is 24.3 Å². The molecule has 0 saturated carbocycles. The van der Waals surface area contributed by atoms with Crippen LogP contribution in [0.25, 0.3) is 44.8 Å². The van der Waals surface area contributed by atoms with Crippen molar-refractivity contribution in [1.82, 2.24) is 40.3 Å². The third-order valence-corrected chi connectivity index (χ3v) is 11.2. The zero-order valence-corrected chi connectivity index (χ0v) is 32.2. The highest BCUT2D eigenvalue weighted by Gasteiger charge is 2.30. The van der Waals surface area contributed by atoms with Crippen LogP contribution in [0.3, 0.4) is 0 Å². The number of fused-ring (bicyclic) bond motifs is 2. The maximum atomic E-state index is 14.6. The largest absolute Gasteiger partial charge is 0.356 e. The van der Waals surface area contributed by atoms with Gasteiger partial charge in [-0.05, 0) is 110 Å². The molecule has 8 heterocycles. The van der Waals surface area contributed by atoms with E-state index in [9.17, 15) is 8.78 Å². The molecular weight excluding hydrogens is 683 g/mol. The number of anilines is 2. The molecule has 6 aromatic heterocycles. The summed E-state index contributed by atoms with van der Waals surface area (Å²) in [5.74, 6) is 5.04. The molecule has 2 fully saturated rings. The molecule has 54 heavy (non-hydrogen) atoms. The quantitative estimate of drug-likeness (QED) is 0.159. The summed E-state index contributed by atoms with van der Waals surface area (Å²) in [6, 6.07) is 14.0. The van der Waals surface area contributed by atoms with Crippen LogP contribution in [-0.4, -0.2) is 66.5 Å². The van der Waals surface area contributed by atoms with E-state index in [0.717, 1.165) is 61.4 Å². The van der Waals surface area contributed by atoms with Crippen molar-refractivity contribution in [3.63, 3.8) is 0 Å². The molecule has 2 saturated heterocycles. The molecule has 4 atom stereocenters. The molecule has 8 rings (SSSR count). The lowest BCUT2D eigenvalue weighted by Crippen LogP contribution is -2.40. The number of hydrogen-bond acceptors (Lipinski definition) is 8. The second-order valence-corrected chi connectivity index (χ2v) is 16.1. The summed E-state index contributed by atoms with van der Waals surface area (Å²) in [7, 11) is 0. The van der Waals surface area contributed by atoms with Crippen molar-refractivity contribution in [3.05, 3.63) is 72.6 Å². The van der Waals surface area contributed by atoms with Crippen LogP contribution in [0.2, 0.25) is 0 Å². The summed E-state index contributed by atoms with van der Waals surface area (Å²) in [5, 5.41) is 15.7. The molecule has 0 aromatic carbocycles. The Morgan fingerprint density at radius 3 is 1.50 bits per heavy atom. The smallest absolute Gasteiger partial charge is 0.181 e. The fourth-order valence-corrected chi connectivity index (χ4v) is 8.17. The zero-order chi connectivity index (χ0) is 37.9. The summed E-state index contributed by atoms with van der Waals surface area (Å²) >= 11 is 0. The number of aromatic amines is 2. The lowest BCUT2D eigenvalue weighted by atomic mass is 9.81. The number of pyridine rings is 4. The van der Waals surface area contributed by atoms with Gasteiger partial charge in [-0.2, -0.15) is 10.2 Å². The van der Waals surface area contributed by atoms with Gasteiger partial charge in [-0.25, -0.2) is 28.7 Å². The molecule has 0 aliphatic carbocycles. The Hall–Kier alpha value is -5.00.